The standard InChI is InChI=1S/C16H21NO/c18-14-11-15(13-7-3-1-4-8-13)17-16(12-14)9-5-2-6-10-16/h1,3-4,7-8,15,17H,2,5-6,9-12H2/t15-/m0/s1. The molecule has 1 aromatic rings. The van der Waals surface area contributed by atoms with E-state index in [1.54, 1.807) is 0 Å². The summed E-state index contributed by atoms with van der Waals surface area (Å²) in [7, 11) is 0. The summed E-state index contributed by atoms with van der Waals surface area (Å²) in [5.41, 5.74) is 1.36. The Morgan fingerprint density at radius 3 is 2.50 bits per heavy atom. The third kappa shape index (κ3) is 2.35. The molecule has 1 atom stereocenters. The molecule has 0 aromatic heterocycles. The number of rotatable bonds is 1. The van der Waals surface area contributed by atoms with Crippen molar-refractivity contribution >= 4 is 5.78 Å². The first-order valence-electron chi connectivity index (χ1n) is 7.12. The van der Waals surface area contributed by atoms with Crippen molar-refractivity contribution in [1.29, 1.82) is 0 Å². The molecule has 1 aliphatic heterocycles. The van der Waals surface area contributed by atoms with Gasteiger partial charge in [0.05, 0.1) is 0 Å². The summed E-state index contributed by atoms with van der Waals surface area (Å²) in [6.07, 6.45) is 7.60. The molecule has 2 nitrogen and oxygen atoms in total. The lowest BCUT2D eigenvalue weighted by Gasteiger charge is -2.44. The van der Waals surface area contributed by atoms with E-state index in [2.05, 4.69) is 29.6 Å². The van der Waals surface area contributed by atoms with Crippen molar-refractivity contribution in [1.82, 2.24) is 5.32 Å². The van der Waals surface area contributed by atoms with Gasteiger partial charge in [0.2, 0.25) is 0 Å². The van der Waals surface area contributed by atoms with Crippen LogP contribution in [0.4, 0.5) is 0 Å². The molecular formula is C16H21NO. The van der Waals surface area contributed by atoms with E-state index in [4.69, 9.17) is 0 Å². The number of carbonyl (C=O) groups is 1. The minimum atomic E-state index is 0.105. The summed E-state index contributed by atoms with van der Waals surface area (Å²) in [4.78, 5) is 12.1. The fourth-order valence-corrected chi connectivity index (χ4v) is 3.59. The molecule has 0 unspecified atom stereocenters. The maximum atomic E-state index is 12.1. The van der Waals surface area contributed by atoms with Crippen LogP contribution in [-0.4, -0.2) is 11.3 Å². The number of Topliss-reactive ketones (excluding diaryl/α,β-unsaturated/α-hetero) is 1. The predicted molar refractivity (Wildman–Crippen MR) is 72.4 cm³/mol. The normalized spacial score (nSPS) is 27.3. The highest BCUT2D eigenvalue weighted by Gasteiger charge is 2.40. The van der Waals surface area contributed by atoms with E-state index in [0.717, 1.165) is 6.42 Å². The van der Waals surface area contributed by atoms with Crippen LogP contribution >= 0.6 is 0 Å². The molecule has 2 fully saturated rings. The summed E-state index contributed by atoms with van der Waals surface area (Å²) >= 11 is 0. The van der Waals surface area contributed by atoms with Gasteiger partial charge in [-0.15, -0.1) is 0 Å². The molecule has 0 radical (unpaired) electrons. The maximum Gasteiger partial charge on any atom is 0.136 e. The molecule has 0 amide bonds. The van der Waals surface area contributed by atoms with Crippen LogP contribution in [0.3, 0.4) is 0 Å². The number of piperidine rings is 1. The third-order valence-electron chi connectivity index (χ3n) is 4.46. The van der Waals surface area contributed by atoms with Crippen molar-refractivity contribution in [3.63, 3.8) is 0 Å². The molecule has 2 aliphatic rings. The SMILES string of the molecule is O=C1C[C@@H](c2ccccc2)NC2(CCCCC2)C1. The van der Waals surface area contributed by atoms with Crippen LogP contribution in [0.1, 0.15) is 56.6 Å². The fourth-order valence-electron chi connectivity index (χ4n) is 3.59. The van der Waals surface area contributed by atoms with Crippen molar-refractivity contribution < 1.29 is 4.79 Å². The Bertz CT molecular complexity index is 420. The highest BCUT2D eigenvalue weighted by atomic mass is 16.1. The first-order chi connectivity index (χ1) is 8.77. The number of benzene rings is 1. The van der Waals surface area contributed by atoms with E-state index < -0.39 is 0 Å². The lowest BCUT2D eigenvalue weighted by atomic mass is 9.74. The van der Waals surface area contributed by atoms with Crippen molar-refractivity contribution in [2.24, 2.45) is 0 Å². The van der Waals surface area contributed by atoms with Crippen molar-refractivity contribution in [2.75, 3.05) is 0 Å². The average molecular weight is 243 g/mol. The first kappa shape index (κ1) is 11.9. The van der Waals surface area contributed by atoms with Crippen LogP contribution in [0.2, 0.25) is 0 Å². The molecule has 1 heterocycles. The summed E-state index contributed by atoms with van der Waals surface area (Å²) in [6.45, 7) is 0. The van der Waals surface area contributed by atoms with Crippen molar-refractivity contribution in [2.45, 2.75) is 56.5 Å². The molecule has 1 N–H and O–H groups in total. The molecule has 3 rings (SSSR count). The minimum absolute atomic E-state index is 0.105. The molecule has 96 valence electrons. The van der Waals surface area contributed by atoms with E-state index in [1.807, 2.05) is 6.07 Å². The Kier molecular flexibility index (Phi) is 3.21. The maximum absolute atomic E-state index is 12.1. The van der Waals surface area contributed by atoms with Gasteiger partial charge in [0.25, 0.3) is 0 Å². The molecule has 0 bridgehead atoms. The number of carbonyl (C=O) groups excluding carboxylic acids is 1. The molecule has 1 saturated carbocycles. The van der Waals surface area contributed by atoms with Crippen molar-refractivity contribution in [3.8, 4) is 0 Å². The van der Waals surface area contributed by atoms with Gasteiger partial charge in [-0.2, -0.15) is 0 Å². The molecular weight excluding hydrogens is 222 g/mol. The molecule has 1 aromatic carbocycles. The van der Waals surface area contributed by atoms with Gasteiger partial charge >= 0.3 is 0 Å². The number of hydrogen-bond acceptors (Lipinski definition) is 2. The summed E-state index contributed by atoms with van der Waals surface area (Å²) in [5, 5.41) is 3.79. The monoisotopic (exact) mass is 243 g/mol. The van der Waals surface area contributed by atoms with Crippen LogP contribution in [0.15, 0.2) is 30.3 Å². The van der Waals surface area contributed by atoms with E-state index in [9.17, 15) is 4.79 Å². The molecule has 1 saturated heterocycles. The van der Waals surface area contributed by atoms with Gasteiger partial charge in [-0.25, -0.2) is 0 Å². The molecule has 1 spiro atoms. The summed E-state index contributed by atoms with van der Waals surface area (Å²) in [5.74, 6) is 0.435. The Hall–Kier alpha value is -1.15. The van der Waals surface area contributed by atoms with Crippen LogP contribution in [0.25, 0.3) is 0 Å². The minimum Gasteiger partial charge on any atom is -0.304 e. The van der Waals surface area contributed by atoms with Crippen LogP contribution in [-0.2, 0) is 4.79 Å². The van der Waals surface area contributed by atoms with Gasteiger partial charge < -0.3 is 5.32 Å². The number of hydrogen-bond donors (Lipinski definition) is 1. The highest BCUT2D eigenvalue weighted by Crippen LogP contribution is 2.38. The van der Waals surface area contributed by atoms with Gasteiger partial charge in [-0.05, 0) is 18.4 Å². The number of nitrogens with one attached hydrogen (secondary N) is 1. The molecule has 2 heteroatoms. The molecule has 1 aliphatic carbocycles. The topological polar surface area (TPSA) is 29.1 Å². The Labute approximate surface area is 109 Å². The second-order valence-corrected chi connectivity index (χ2v) is 5.87. The second kappa shape index (κ2) is 4.85. The van der Waals surface area contributed by atoms with Crippen LogP contribution < -0.4 is 5.32 Å². The van der Waals surface area contributed by atoms with Gasteiger partial charge in [0.15, 0.2) is 0 Å². The van der Waals surface area contributed by atoms with Crippen LogP contribution in [0.5, 0.6) is 0 Å². The zero-order valence-electron chi connectivity index (χ0n) is 10.8. The highest BCUT2D eigenvalue weighted by molar-refractivity contribution is 5.81. The average Bonchev–Trinajstić information content (AvgIpc) is 2.40. The largest absolute Gasteiger partial charge is 0.304 e. The lowest BCUT2D eigenvalue weighted by Crippen LogP contribution is -2.53. The second-order valence-electron chi connectivity index (χ2n) is 5.87. The summed E-state index contributed by atoms with van der Waals surface area (Å²) in [6, 6.07) is 10.6. The quantitative estimate of drug-likeness (QED) is 0.819. The lowest BCUT2D eigenvalue weighted by molar-refractivity contribution is -0.124. The predicted octanol–water partition coefficient (Wildman–Crippen LogP) is 3.38. The Morgan fingerprint density at radius 2 is 1.78 bits per heavy atom. The smallest absolute Gasteiger partial charge is 0.136 e. The van der Waals surface area contributed by atoms with E-state index in [1.165, 1.54) is 37.7 Å². The zero-order valence-corrected chi connectivity index (χ0v) is 10.8. The van der Waals surface area contributed by atoms with Crippen LogP contribution in [0, 0.1) is 0 Å². The van der Waals surface area contributed by atoms with Crippen molar-refractivity contribution in [3.05, 3.63) is 35.9 Å². The van der Waals surface area contributed by atoms with Gasteiger partial charge in [-0.1, -0.05) is 49.6 Å². The van der Waals surface area contributed by atoms with Gasteiger partial charge in [-0.3, -0.25) is 4.79 Å². The Morgan fingerprint density at radius 1 is 1.06 bits per heavy atom. The van der Waals surface area contributed by atoms with E-state index >= 15 is 0 Å². The fraction of sp³-hybridized carbons (Fsp3) is 0.562. The third-order valence-corrected chi connectivity index (χ3v) is 4.46. The molecule has 18 heavy (non-hydrogen) atoms. The first-order valence-corrected chi connectivity index (χ1v) is 7.12. The zero-order chi connectivity index (χ0) is 12.4. The summed E-state index contributed by atoms with van der Waals surface area (Å²) < 4.78 is 0. The number of ketones is 1. The van der Waals surface area contributed by atoms with Gasteiger partial charge in [0.1, 0.15) is 5.78 Å². The van der Waals surface area contributed by atoms with E-state index in [-0.39, 0.29) is 11.6 Å². The Balaban J connectivity index is 1.82. The van der Waals surface area contributed by atoms with E-state index in [0.29, 0.717) is 12.2 Å². The van der Waals surface area contributed by atoms with Gasteiger partial charge in [0, 0.05) is 24.4 Å².